The number of hydrogen-bond acceptors (Lipinski definition) is 11. The Bertz CT molecular complexity index is 2550. The number of anilines is 2. The number of fused-ring (bicyclic) bond motifs is 2. The lowest BCUT2D eigenvalue weighted by Gasteiger charge is -2.20. The largest absolute Gasteiger partial charge is 0.481 e. The normalized spacial score (nSPS) is 19.0. The molecule has 3 N–H and O–H groups in total. The summed E-state index contributed by atoms with van der Waals surface area (Å²) in [5.41, 5.74) is 7.70. The van der Waals surface area contributed by atoms with E-state index in [0.29, 0.717) is 84.8 Å². The van der Waals surface area contributed by atoms with E-state index in [9.17, 15) is 29.1 Å². The first kappa shape index (κ1) is 37.1. The molecule has 0 amide bonds. The summed E-state index contributed by atoms with van der Waals surface area (Å²) in [6.07, 6.45) is -0.330. The molecule has 6 aromatic rings. The zero-order valence-corrected chi connectivity index (χ0v) is 31.2. The number of carboxylic acids is 1. The van der Waals surface area contributed by atoms with Crippen LogP contribution in [0.1, 0.15) is 59.8 Å². The van der Waals surface area contributed by atoms with Gasteiger partial charge in [-0.3, -0.25) is 19.6 Å². The number of oxazole rings is 1. The molecular formula is C42H40F2N8O4. The second-order valence-corrected chi connectivity index (χ2v) is 15.2. The van der Waals surface area contributed by atoms with Crippen LogP contribution in [0.15, 0.2) is 65.2 Å². The van der Waals surface area contributed by atoms with Gasteiger partial charge in [0.05, 0.1) is 22.6 Å². The minimum Gasteiger partial charge on any atom is -0.481 e. The second kappa shape index (κ2) is 14.6. The molecule has 0 saturated carbocycles. The first-order chi connectivity index (χ1) is 26.9. The predicted octanol–water partition coefficient (Wildman–Crippen LogP) is 7.53. The van der Waals surface area contributed by atoms with Crippen LogP contribution in [-0.2, 0) is 17.9 Å². The first-order valence-corrected chi connectivity index (χ1v) is 18.5. The number of aliphatic hydroxyl groups is 1. The average Bonchev–Trinajstić information content (AvgIpc) is 3.90. The quantitative estimate of drug-likeness (QED) is 0.126. The van der Waals surface area contributed by atoms with Gasteiger partial charge >= 0.3 is 5.97 Å². The first-order valence-electron chi connectivity index (χ1n) is 18.5. The van der Waals surface area contributed by atoms with Crippen molar-refractivity contribution in [3.63, 3.8) is 0 Å². The van der Waals surface area contributed by atoms with Crippen molar-refractivity contribution in [3.8, 4) is 28.7 Å². The second-order valence-electron chi connectivity index (χ2n) is 15.2. The molecule has 286 valence electrons. The highest BCUT2D eigenvalue weighted by molar-refractivity contribution is 5.90. The van der Waals surface area contributed by atoms with Gasteiger partial charge in [0.2, 0.25) is 5.89 Å². The van der Waals surface area contributed by atoms with Crippen molar-refractivity contribution in [2.75, 3.05) is 31.5 Å². The Kier molecular flexibility index (Phi) is 9.69. The van der Waals surface area contributed by atoms with Crippen molar-refractivity contribution in [2.45, 2.75) is 59.2 Å². The van der Waals surface area contributed by atoms with E-state index >= 15 is 0 Å². The number of hydrogen-bond donors (Lipinski definition) is 3. The Balaban J connectivity index is 1.09. The molecule has 12 nitrogen and oxygen atoms in total. The lowest BCUT2D eigenvalue weighted by Crippen LogP contribution is -2.31. The number of likely N-dealkylation sites (tertiary alicyclic amines) is 2. The third kappa shape index (κ3) is 7.05. The van der Waals surface area contributed by atoms with Crippen LogP contribution in [0.25, 0.3) is 44.7 Å². The van der Waals surface area contributed by atoms with E-state index in [0.717, 1.165) is 45.5 Å². The van der Waals surface area contributed by atoms with E-state index in [4.69, 9.17) is 9.40 Å². The number of alkyl halides is 2. The number of nitriles is 1. The van der Waals surface area contributed by atoms with Gasteiger partial charge in [-0.2, -0.15) is 5.26 Å². The molecule has 3 aromatic heterocycles. The van der Waals surface area contributed by atoms with Crippen LogP contribution in [0.4, 0.5) is 20.3 Å². The number of carbonyl (C=O) groups is 1. The minimum atomic E-state index is -2.89. The molecule has 2 atom stereocenters. The van der Waals surface area contributed by atoms with Gasteiger partial charge in [0.1, 0.15) is 17.1 Å². The Labute approximate surface area is 321 Å². The van der Waals surface area contributed by atoms with Crippen molar-refractivity contribution in [3.05, 3.63) is 94.4 Å². The van der Waals surface area contributed by atoms with Gasteiger partial charge < -0.3 is 19.9 Å². The number of halogens is 2. The molecule has 14 heteroatoms. The van der Waals surface area contributed by atoms with Gasteiger partial charge in [-0.15, -0.1) is 0 Å². The average molecular weight is 759 g/mol. The molecule has 0 aliphatic carbocycles. The zero-order valence-electron chi connectivity index (χ0n) is 31.2. The molecular weight excluding hydrogens is 719 g/mol. The van der Waals surface area contributed by atoms with Crippen molar-refractivity contribution in [1.82, 2.24) is 29.7 Å². The summed E-state index contributed by atoms with van der Waals surface area (Å²) in [7, 11) is 0. The molecule has 8 rings (SSSR count). The van der Waals surface area contributed by atoms with Gasteiger partial charge in [0, 0.05) is 50.2 Å². The standard InChI is InChI=1S/C42H40F2N8O4/c1-23-29(6-4-8-31(23)40-49-34-15-25(14-27(17-45)36(34)56-40)19-52-13-11-42(3,22-52)41(54)55)30-7-5-9-32(24(30)2)47-38-35-33(48-39(50-38)37(43)44)16-26(18-46-35)20-51-12-10-28(53)21-51/h4-9,14-16,18,28,37,53H,10-13,19-22H2,1-3H3,(H,54,55)(H,47,48,50). The van der Waals surface area contributed by atoms with Gasteiger partial charge in [-0.05, 0) is 104 Å². The number of aromatic nitrogens is 4. The third-order valence-electron chi connectivity index (χ3n) is 11.0. The molecule has 0 bridgehead atoms. The van der Waals surface area contributed by atoms with Crippen LogP contribution in [0.3, 0.4) is 0 Å². The summed E-state index contributed by atoms with van der Waals surface area (Å²) in [4.78, 5) is 33.7. The number of carboxylic acid groups (broad SMARTS) is 1. The van der Waals surface area contributed by atoms with Gasteiger partial charge in [-0.25, -0.2) is 23.7 Å². The fraction of sp³-hybridized carbons (Fsp3) is 0.333. The van der Waals surface area contributed by atoms with Crippen LogP contribution in [0.2, 0.25) is 0 Å². The monoisotopic (exact) mass is 758 g/mol. The summed E-state index contributed by atoms with van der Waals surface area (Å²) in [5.74, 6) is -0.886. The van der Waals surface area contributed by atoms with E-state index in [1.54, 1.807) is 25.3 Å². The van der Waals surface area contributed by atoms with E-state index in [1.165, 1.54) is 0 Å². The van der Waals surface area contributed by atoms with Crippen LogP contribution in [-0.4, -0.2) is 78.2 Å². The number of nitrogens with one attached hydrogen (secondary N) is 1. The van der Waals surface area contributed by atoms with Crippen LogP contribution in [0, 0.1) is 30.6 Å². The topological polar surface area (TPSA) is 165 Å². The summed E-state index contributed by atoms with van der Waals surface area (Å²) >= 11 is 0. The fourth-order valence-corrected chi connectivity index (χ4v) is 7.92. The van der Waals surface area contributed by atoms with E-state index < -0.39 is 23.6 Å². The molecule has 0 radical (unpaired) electrons. The maximum atomic E-state index is 14.1. The Hall–Kier alpha value is -5.88. The minimum absolute atomic E-state index is 0.166. The number of benzene rings is 3. The molecule has 2 unspecified atom stereocenters. The number of aliphatic carboxylic acids is 1. The van der Waals surface area contributed by atoms with Crippen molar-refractivity contribution in [1.29, 1.82) is 5.26 Å². The maximum Gasteiger partial charge on any atom is 0.310 e. The fourth-order valence-electron chi connectivity index (χ4n) is 7.92. The molecule has 2 aliphatic rings. The van der Waals surface area contributed by atoms with E-state index in [1.807, 2.05) is 56.3 Å². The van der Waals surface area contributed by atoms with E-state index in [-0.39, 0.29) is 11.9 Å². The smallest absolute Gasteiger partial charge is 0.310 e. The SMILES string of the molecule is Cc1c(Nc2nc(C(F)F)nc3cc(CN4CCC(O)C4)cnc23)cccc1-c1cccc(-c2nc3cc(CN4CCC(C)(C(=O)O)C4)cc(C#N)c3o2)c1C. The Morgan fingerprint density at radius 2 is 1.73 bits per heavy atom. The molecule has 3 aromatic carbocycles. The van der Waals surface area contributed by atoms with Gasteiger partial charge in [0.25, 0.3) is 6.43 Å². The molecule has 2 saturated heterocycles. The number of nitrogens with zero attached hydrogens (tertiary/aromatic N) is 7. The summed E-state index contributed by atoms with van der Waals surface area (Å²) in [5, 5.41) is 32.9. The molecule has 0 spiro atoms. The number of aliphatic hydroxyl groups excluding tert-OH is 1. The van der Waals surface area contributed by atoms with Gasteiger partial charge in [-0.1, -0.05) is 24.3 Å². The van der Waals surface area contributed by atoms with E-state index in [2.05, 4.69) is 36.1 Å². The zero-order chi connectivity index (χ0) is 39.3. The van der Waals surface area contributed by atoms with Crippen molar-refractivity contribution >= 4 is 39.6 Å². The Morgan fingerprint density at radius 3 is 2.45 bits per heavy atom. The lowest BCUT2D eigenvalue weighted by atomic mass is 9.90. The van der Waals surface area contributed by atoms with Crippen LogP contribution < -0.4 is 5.32 Å². The summed E-state index contributed by atoms with van der Waals surface area (Å²) in [6, 6.07) is 19.2. The predicted molar refractivity (Wildman–Crippen MR) is 206 cm³/mol. The summed E-state index contributed by atoms with van der Waals surface area (Å²) < 4.78 is 34.4. The highest BCUT2D eigenvalue weighted by Crippen LogP contribution is 2.38. The highest BCUT2D eigenvalue weighted by atomic mass is 19.3. The summed E-state index contributed by atoms with van der Waals surface area (Å²) in [6.45, 7) is 9.04. The third-order valence-corrected chi connectivity index (χ3v) is 11.0. The molecule has 56 heavy (non-hydrogen) atoms. The number of rotatable bonds is 10. The van der Waals surface area contributed by atoms with Crippen LogP contribution in [0.5, 0.6) is 0 Å². The van der Waals surface area contributed by atoms with Gasteiger partial charge in [0.15, 0.2) is 17.2 Å². The highest BCUT2D eigenvalue weighted by Gasteiger charge is 2.40. The molecule has 2 aliphatic heterocycles. The van der Waals surface area contributed by atoms with Crippen molar-refractivity contribution in [2.24, 2.45) is 5.41 Å². The van der Waals surface area contributed by atoms with Crippen LogP contribution >= 0.6 is 0 Å². The lowest BCUT2D eigenvalue weighted by molar-refractivity contribution is -0.147. The van der Waals surface area contributed by atoms with Crippen molar-refractivity contribution < 1.29 is 28.2 Å². The molecule has 5 heterocycles. The molecule has 2 fully saturated rings. The maximum absolute atomic E-state index is 14.1. The Morgan fingerprint density at radius 1 is 1.00 bits per heavy atom. The number of β-amino-alcohol motifs (C(OH)–C–C–N with tert-alkyl or cyclic N) is 1. The number of pyridine rings is 1.